The molecule has 6 nitrogen and oxygen atoms in total. The molecule has 8 heteroatoms. The average molecular weight is 418 g/mol. The van der Waals surface area contributed by atoms with Gasteiger partial charge in [0.15, 0.2) is 11.6 Å². The number of carbonyl (C=O) groups is 2. The fraction of sp³-hybridized carbons (Fsp3) is 0.429. The van der Waals surface area contributed by atoms with Crippen molar-refractivity contribution in [2.75, 3.05) is 38.7 Å². The van der Waals surface area contributed by atoms with Gasteiger partial charge in [-0.3, -0.25) is 9.59 Å². The summed E-state index contributed by atoms with van der Waals surface area (Å²) >= 11 is 1.53. The minimum Gasteiger partial charge on any atom is -0.494 e. The van der Waals surface area contributed by atoms with Crippen molar-refractivity contribution in [3.8, 4) is 5.75 Å². The fourth-order valence-electron chi connectivity index (χ4n) is 3.76. The maximum absolute atomic E-state index is 13.9. The van der Waals surface area contributed by atoms with Crippen LogP contribution in [-0.2, 0) is 22.4 Å². The number of aryl methyl sites for hydroxylation is 1. The van der Waals surface area contributed by atoms with Crippen LogP contribution < -0.4 is 10.1 Å². The summed E-state index contributed by atoms with van der Waals surface area (Å²) in [5, 5.41) is 2.80. The first-order valence-electron chi connectivity index (χ1n) is 9.68. The maximum Gasteiger partial charge on any atom is 0.264 e. The molecule has 1 aliphatic carbocycles. The SMILES string of the molecule is COc1ccc(NC(=O)[C@H]2CCc3sc(C(=O)N4CCOCC4)cc3C2)cc1F. The minimum absolute atomic E-state index is 0.0439. The van der Waals surface area contributed by atoms with E-state index in [1.54, 1.807) is 6.07 Å². The summed E-state index contributed by atoms with van der Waals surface area (Å²) in [6, 6.07) is 6.31. The van der Waals surface area contributed by atoms with E-state index in [9.17, 15) is 14.0 Å². The third kappa shape index (κ3) is 4.28. The van der Waals surface area contributed by atoms with E-state index in [0.717, 1.165) is 16.9 Å². The number of morpholine rings is 1. The lowest BCUT2D eigenvalue weighted by atomic mass is 9.87. The number of halogens is 1. The van der Waals surface area contributed by atoms with Crippen molar-refractivity contribution in [2.24, 2.45) is 5.92 Å². The van der Waals surface area contributed by atoms with Crippen LogP contribution in [0.2, 0.25) is 0 Å². The van der Waals surface area contributed by atoms with Gasteiger partial charge in [-0.1, -0.05) is 0 Å². The molecule has 29 heavy (non-hydrogen) atoms. The largest absolute Gasteiger partial charge is 0.494 e. The normalized spacial score (nSPS) is 18.8. The van der Waals surface area contributed by atoms with Crippen molar-refractivity contribution in [2.45, 2.75) is 19.3 Å². The van der Waals surface area contributed by atoms with Crippen LogP contribution in [0.3, 0.4) is 0 Å². The molecule has 1 saturated heterocycles. The van der Waals surface area contributed by atoms with Crippen LogP contribution in [0.4, 0.5) is 10.1 Å². The molecule has 154 valence electrons. The Kier molecular flexibility index (Phi) is 5.82. The molecule has 1 aromatic heterocycles. The highest BCUT2D eigenvalue weighted by Gasteiger charge is 2.29. The zero-order valence-corrected chi connectivity index (χ0v) is 17.0. The summed E-state index contributed by atoms with van der Waals surface area (Å²) in [5.74, 6) is -0.662. The molecular formula is C21H23FN2O4S. The lowest BCUT2D eigenvalue weighted by molar-refractivity contribution is -0.120. The summed E-state index contributed by atoms with van der Waals surface area (Å²) in [5.41, 5.74) is 1.48. The van der Waals surface area contributed by atoms with Crippen molar-refractivity contribution in [1.29, 1.82) is 0 Å². The quantitative estimate of drug-likeness (QED) is 0.829. The van der Waals surface area contributed by atoms with Crippen molar-refractivity contribution in [3.05, 3.63) is 45.4 Å². The predicted molar refractivity (Wildman–Crippen MR) is 108 cm³/mol. The first-order chi connectivity index (χ1) is 14.0. The standard InChI is InChI=1S/C21H23FN2O4S/c1-27-17-4-3-15(12-16(17)22)23-20(25)13-2-5-18-14(10-13)11-19(29-18)21(26)24-6-8-28-9-7-24/h3-4,11-13H,2,5-10H2,1H3,(H,23,25)/t13-/m0/s1. The van der Waals surface area contributed by atoms with Crippen LogP contribution in [0.25, 0.3) is 0 Å². The number of hydrogen-bond acceptors (Lipinski definition) is 5. The first-order valence-corrected chi connectivity index (χ1v) is 10.5. The second-order valence-electron chi connectivity index (χ2n) is 7.24. The van der Waals surface area contributed by atoms with Gasteiger partial charge < -0.3 is 19.7 Å². The van der Waals surface area contributed by atoms with Gasteiger partial charge in [0.1, 0.15) is 0 Å². The number of fused-ring (bicyclic) bond motifs is 1. The van der Waals surface area contributed by atoms with Gasteiger partial charge in [0.25, 0.3) is 5.91 Å². The smallest absolute Gasteiger partial charge is 0.264 e. The van der Waals surface area contributed by atoms with Crippen molar-refractivity contribution in [1.82, 2.24) is 4.90 Å². The Balaban J connectivity index is 1.41. The van der Waals surface area contributed by atoms with E-state index in [4.69, 9.17) is 9.47 Å². The summed E-state index contributed by atoms with van der Waals surface area (Å²) in [6.45, 7) is 2.38. The van der Waals surface area contributed by atoms with Gasteiger partial charge in [-0.2, -0.15) is 0 Å². The third-order valence-corrected chi connectivity index (χ3v) is 6.61. The van der Waals surface area contributed by atoms with E-state index in [1.165, 1.54) is 35.5 Å². The number of anilines is 1. The van der Waals surface area contributed by atoms with E-state index in [-0.39, 0.29) is 23.5 Å². The van der Waals surface area contributed by atoms with Crippen LogP contribution in [0.5, 0.6) is 5.75 Å². The highest BCUT2D eigenvalue weighted by Crippen LogP contribution is 2.34. The Hall–Kier alpha value is -2.45. The Labute approximate surface area is 172 Å². The molecule has 0 unspecified atom stereocenters. The number of carbonyl (C=O) groups excluding carboxylic acids is 2. The molecule has 1 N–H and O–H groups in total. The van der Waals surface area contributed by atoms with Crippen LogP contribution in [-0.4, -0.2) is 50.1 Å². The molecule has 0 saturated carbocycles. The van der Waals surface area contributed by atoms with Crippen molar-refractivity contribution < 1.29 is 23.5 Å². The van der Waals surface area contributed by atoms with E-state index < -0.39 is 5.82 Å². The molecule has 4 rings (SSSR count). The molecule has 2 aromatic rings. The summed E-state index contributed by atoms with van der Waals surface area (Å²) in [4.78, 5) is 29.1. The molecule has 1 aromatic carbocycles. The molecule has 2 amide bonds. The zero-order chi connectivity index (χ0) is 20.4. The van der Waals surface area contributed by atoms with Gasteiger partial charge in [0.05, 0.1) is 25.2 Å². The van der Waals surface area contributed by atoms with Gasteiger partial charge in [0, 0.05) is 35.6 Å². The Morgan fingerprint density at radius 3 is 2.79 bits per heavy atom. The number of rotatable bonds is 4. The zero-order valence-electron chi connectivity index (χ0n) is 16.2. The van der Waals surface area contributed by atoms with Gasteiger partial charge in [-0.05, 0) is 43.0 Å². The number of benzene rings is 1. The summed E-state index contributed by atoms with van der Waals surface area (Å²) < 4.78 is 24.1. The van der Waals surface area contributed by atoms with E-state index in [0.29, 0.717) is 44.8 Å². The highest BCUT2D eigenvalue weighted by atomic mass is 32.1. The lowest BCUT2D eigenvalue weighted by Crippen LogP contribution is -2.40. The minimum atomic E-state index is -0.514. The average Bonchev–Trinajstić information content (AvgIpc) is 3.17. The summed E-state index contributed by atoms with van der Waals surface area (Å²) in [6.07, 6.45) is 2.07. The van der Waals surface area contributed by atoms with Gasteiger partial charge >= 0.3 is 0 Å². The summed E-state index contributed by atoms with van der Waals surface area (Å²) in [7, 11) is 1.40. The molecular weight excluding hydrogens is 395 g/mol. The first kappa shape index (κ1) is 19.8. The molecule has 1 fully saturated rings. The third-order valence-electron chi connectivity index (χ3n) is 5.38. The van der Waals surface area contributed by atoms with Crippen LogP contribution >= 0.6 is 11.3 Å². The molecule has 2 aliphatic rings. The Bertz CT molecular complexity index is 923. The molecule has 0 bridgehead atoms. The molecule has 0 spiro atoms. The molecule has 1 aliphatic heterocycles. The predicted octanol–water partition coefficient (Wildman–Crippen LogP) is 3.11. The number of methoxy groups -OCH3 is 1. The lowest BCUT2D eigenvalue weighted by Gasteiger charge is -2.26. The van der Waals surface area contributed by atoms with Gasteiger partial charge in [-0.25, -0.2) is 4.39 Å². The Morgan fingerprint density at radius 1 is 1.28 bits per heavy atom. The number of ether oxygens (including phenoxy) is 2. The second kappa shape index (κ2) is 8.51. The highest BCUT2D eigenvalue weighted by molar-refractivity contribution is 7.14. The van der Waals surface area contributed by atoms with Gasteiger partial charge in [-0.15, -0.1) is 11.3 Å². The second-order valence-corrected chi connectivity index (χ2v) is 8.38. The molecule has 0 radical (unpaired) electrons. The maximum atomic E-state index is 13.9. The van der Waals surface area contributed by atoms with Crippen molar-refractivity contribution >= 4 is 28.8 Å². The van der Waals surface area contributed by atoms with Crippen molar-refractivity contribution in [3.63, 3.8) is 0 Å². The van der Waals surface area contributed by atoms with Crippen LogP contribution in [0.1, 0.15) is 26.5 Å². The molecule has 1 atom stereocenters. The van der Waals surface area contributed by atoms with Crippen LogP contribution in [0, 0.1) is 11.7 Å². The van der Waals surface area contributed by atoms with E-state index >= 15 is 0 Å². The number of nitrogens with zero attached hydrogens (tertiary/aromatic N) is 1. The van der Waals surface area contributed by atoms with Gasteiger partial charge in [0.2, 0.25) is 5.91 Å². The number of nitrogens with one attached hydrogen (secondary N) is 1. The number of thiophene rings is 1. The topological polar surface area (TPSA) is 67.9 Å². The van der Waals surface area contributed by atoms with E-state index in [2.05, 4.69) is 5.32 Å². The molecule has 2 heterocycles. The van der Waals surface area contributed by atoms with E-state index in [1.807, 2.05) is 11.0 Å². The monoisotopic (exact) mass is 418 g/mol. The number of amides is 2. The number of hydrogen-bond donors (Lipinski definition) is 1. The fourth-order valence-corrected chi connectivity index (χ4v) is 4.94. The van der Waals surface area contributed by atoms with Crippen LogP contribution in [0.15, 0.2) is 24.3 Å². The Morgan fingerprint density at radius 2 is 2.07 bits per heavy atom.